The predicted octanol–water partition coefficient (Wildman–Crippen LogP) is 2.32. The number of thioether (sulfide) groups is 1. The van der Waals surface area contributed by atoms with Gasteiger partial charge in [-0.2, -0.15) is 11.8 Å². The molecule has 2 nitrogen and oxygen atoms in total. The Labute approximate surface area is 96.2 Å². The number of methoxy groups -OCH3 is 1. The molecule has 0 bridgehead atoms. The van der Waals surface area contributed by atoms with Crippen LogP contribution in [0.5, 0.6) is 5.75 Å². The number of nitrogens with two attached hydrogens (primary N) is 1. The van der Waals surface area contributed by atoms with Gasteiger partial charge in [-0.1, -0.05) is 25.1 Å². The maximum absolute atomic E-state index is 6.04. The van der Waals surface area contributed by atoms with Gasteiger partial charge in [0, 0.05) is 11.8 Å². The summed E-state index contributed by atoms with van der Waals surface area (Å²) in [7, 11) is 1.70. The summed E-state index contributed by atoms with van der Waals surface area (Å²) in [6.07, 6.45) is 0.886. The zero-order chi connectivity index (χ0) is 11.1. The summed E-state index contributed by atoms with van der Waals surface area (Å²) >= 11 is 1.88. The van der Waals surface area contributed by atoms with E-state index in [1.165, 1.54) is 5.56 Å². The van der Waals surface area contributed by atoms with Crippen LogP contribution in [0.3, 0.4) is 0 Å². The fraction of sp³-hybridized carbons (Fsp3) is 0.500. The molecular formula is C12H19NOS. The van der Waals surface area contributed by atoms with Gasteiger partial charge in [0.1, 0.15) is 5.75 Å². The van der Waals surface area contributed by atoms with Gasteiger partial charge in [0.2, 0.25) is 0 Å². The molecule has 0 heterocycles. The lowest BCUT2D eigenvalue weighted by Gasteiger charge is -2.13. The second-order valence-corrected chi connectivity index (χ2v) is 4.75. The molecule has 15 heavy (non-hydrogen) atoms. The van der Waals surface area contributed by atoms with E-state index in [0.29, 0.717) is 0 Å². The van der Waals surface area contributed by atoms with E-state index in [4.69, 9.17) is 10.5 Å². The van der Waals surface area contributed by atoms with E-state index in [-0.39, 0.29) is 6.04 Å². The van der Waals surface area contributed by atoms with E-state index < -0.39 is 0 Å². The summed E-state index contributed by atoms with van der Waals surface area (Å²) < 4.78 is 5.29. The van der Waals surface area contributed by atoms with Gasteiger partial charge < -0.3 is 10.5 Å². The molecule has 0 fully saturated rings. The number of rotatable bonds is 6. The van der Waals surface area contributed by atoms with Gasteiger partial charge in [-0.05, 0) is 23.8 Å². The zero-order valence-electron chi connectivity index (χ0n) is 9.40. The first-order chi connectivity index (χ1) is 7.27. The molecule has 1 rings (SSSR count). The summed E-state index contributed by atoms with van der Waals surface area (Å²) in [5, 5.41) is 0. The number of hydrogen-bond donors (Lipinski definition) is 1. The minimum atomic E-state index is 0.214. The van der Waals surface area contributed by atoms with Gasteiger partial charge in [0.25, 0.3) is 0 Å². The topological polar surface area (TPSA) is 35.2 Å². The van der Waals surface area contributed by atoms with E-state index in [0.717, 1.165) is 23.7 Å². The van der Waals surface area contributed by atoms with Crippen molar-refractivity contribution in [3.8, 4) is 5.75 Å². The van der Waals surface area contributed by atoms with Crippen LogP contribution in [0.2, 0.25) is 0 Å². The number of ether oxygens (including phenoxy) is 1. The van der Waals surface area contributed by atoms with Crippen LogP contribution in [-0.4, -0.2) is 24.7 Å². The van der Waals surface area contributed by atoms with Gasteiger partial charge in [0.15, 0.2) is 0 Å². The molecule has 0 aliphatic carbocycles. The summed E-state index contributed by atoms with van der Waals surface area (Å²) in [6, 6.07) is 8.28. The van der Waals surface area contributed by atoms with Crippen molar-refractivity contribution in [2.45, 2.75) is 19.4 Å². The third kappa shape index (κ3) is 4.14. The highest BCUT2D eigenvalue weighted by atomic mass is 32.2. The molecule has 0 radical (unpaired) electrons. The van der Waals surface area contributed by atoms with Crippen LogP contribution in [0.4, 0.5) is 0 Å². The Hall–Kier alpha value is -0.670. The average Bonchev–Trinajstić information content (AvgIpc) is 2.27. The standard InChI is InChI=1S/C12H19NOS/c1-3-15-9-11(13)8-10-6-4-5-7-12(10)14-2/h4-7,11H,3,8-9,13H2,1-2H3. The number of para-hydroxylation sites is 1. The van der Waals surface area contributed by atoms with Crippen molar-refractivity contribution >= 4 is 11.8 Å². The van der Waals surface area contributed by atoms with Crippen molar-refractivity contribution in [2.75, 3.05) is 18.6 Å². The fourth-order valence-electron chi connectivity index (χ4n) is 1.48. The maximum atomic E-state index is 6.04. The Morgan fingerprint density at radius 1 is 1.40 bits per heavy atom. The molecule has 0 spiro atoms. The van der Waals surface area contributed by atoms with Crippen molar-refractivity contribution < 1.29 is 4.74 Å². The van der Waals surface area contributed by atoms with Gasteiger partial charge in [0.05, 0.1) is 7.11 Å². The van der Waals surface area contributed by atoms with Crippen LogP contribution < -0.4 is 10.5 Å². The van der Waals surface area contributed by atoms with Crippen molar-refractivity contribution in [1.82, 2.24) is 0 Å². The largest absolute Gasteiger partial charge is 0.496 e. The van der Waals surface area contributed by atoms with Gasteiger partial charge in [-0.25, -0.2) is 0 Å². The van der Waals surface area contributed by atoms with Crippen LogP contribution in [0, 0.1) is 0 Å². The lowest BCUT2D eigenvalue weighted by atomic mass is 10.1. The van der Waals surface area contributed by atoms with Gasteiger partial charge in [-0.15, -0.1) is 0 Å². The van der Waals surface area contributed by atoms with Crippen LogP contribution in [0.15, 0.2) is 24.3 Å². The van der Waals surface area contributed by atoms with E-state index >= 15 is 0 Å². The molecule has 1 atom stereocenters. The van der Waals surface area contributed by atoms with Crippen LogP contribution in [0.25, 0.3) is 0 Å². The second-order valence-electron chi connectivity index (χ2n) is 3.44. The molecule has 1 aromatic carbocycles. The van der Waals surface area contributed by atoms with E-state index in [9.17, 15) is 0 Å². The Bertz CT molecular complexity index is 291. The van der Waals surface area contributed by atoms with E-state index in [1.54, 1.807) is 7.11 Å². The first-order valence-electron chi connectivity index (χ1n) is 5.23. The van der Waals surface area contributed by atoms with Gasteiger partial charge in [-0.3, -0.25) is 0 Å². The molecule has 0 aliphatic rings. The molecule has 1 unspecified atom stereocenters. The summed E-state index contributed by atoms with van der Waals surface area (Å²) in [6.45, 7) is 2.15. The van der Waals surface area contributed by atoms with Crippen molar-refractivity contribution in [2.24, 2.45) is 5.73 Å². The molecule has 0 aliphatic heterocycles. The third-order valence-corrected chi connectivity index (χ3v) is 3.28. The monoisotopic (exact) mass is 225 g/mol. The van der Waals surface area contributed by atoms with Crippen LogP contribution in [-0.2, 0) is 6.42 Å². The fourth-order valence-corrected chi connectivity index (χ4v) is 2.14. The number of benzene rings is 1. The molecule has 2 N–H and O–H groups in total. The average molecular weight is 225 g/mol. The predicted molar refractivity (Wildman–Crippen MR) is 67.7 cm³/mol. The zero-order valence-corrected chi connectivity index (χ0v) is 10.2. The normalized spacial score (nSPS) is 12.5. The van der Waals surface area contributed by atoms with Crippen molar-refractivity contribution in [1.29, 1.82) is 0 Å². The third-order valence-electron chi connectivity index (χ3n) is 2.21. The molecule has 0 saturated heterocycles. The first kappa shape index (κ1) is 12.4. The number of hydrogen-bond acceptors (Lipinski definition) is 3. The smallest absolute Gasteiger partial charge is 0.122 e. The van der Waals surface area contributed by atoms with Crippen LogP contribution >= 0.6 is 11.8 Å². The Morgan fingerprint density at radius 2 is 2.13 bits per heavy atom. The van der Waals surface area contributed by atoms with Crippen molar-refractivity contribution in [3.05, 3.63) is 29.8 Å². The van der Waals surface area contributed by atoms with Crippen molar-refractivity contribution in [3.63, 3.8) is 0 Å². The molecule has 84 valence electrons. The van der Waals surface area contributed by atoms with E-state index in [2.05, 4.69) is 13.0 Å². The maximum Gasteiger partial charge on any atom is 0.122 e. The minimum absolute atomic E-state index is 0.214. The Balaban J connectivity index is 2.55. The minimum Gasteiger partial charge on any atom is -0.496 e. The lowest BCUT2D eigenvalue weighted by Crippen LogP contribution is -2.25. The summed E-state index contributed by atoms with van der Waals surface area (Å²) in [5.74, 6) is 3.07. The Kier molecular flexibility index (Phi) is 5.58. The SMILES string of the molecule is CCSCC(N)Cc1ccccc1OC. The summed E-state index contributed by atoms with van der Waals surface area (Å²) in [5.41, 5.74) is 7.24. The molecule has 1 aromatic rings. The highest BCUT2D eigenvalue weighted by Gasteiger charge is 2.07. The van der Waals surface area contributed by atoms with E-state index in [1.807, 2.05) is 30.0 Å². The highest BCUT2D eigenvalue weighted by Crippen LogP contribution is 2.19. The molecule has 0 saturated carbocycles. The molecule has 3 heteroatoms. The highest BCUT2D eigenvalue weighted by molar-refractivity contribution is 7.99. The lowest BCUT2D eigenvalue weighted by molar-refractivity contribution is 0.408. The van der Waals surface area contributed by atoms with Crippen LogP contribution in [0.1, 0.15) is 12.5 Å². The molecular weight excluding hydrogens is 206 g/mol. The molecule has 0 amide bonds. The quantitative estimate of drug-likeness (QED) is 0.807. The Morgan fingerprint density at radius 3 is 2.80 bits per heavy atom. The van der Waals surface area contributed by atoms with Gasteiger partial charge >= 0.3 is 0 Å². The molecule has 0 aromatic heterocycles. The first-order valence-corrected chi connectivity index (χ1v) is 6.38. The summed E-state index contributed by atoms with van der Waals surface area (Å²) in [4.78, 5) is 0. The second kappa shape index (κ2) is 6.75.